The van der Waals surface area contributed by atoms with E-state index >= 15 is 0 Å². The number of amides is 1. The van der Waals surface area contributed by atoms with E-state index in [1.807, 2.05) is 30.3 Å². The minimum absolute atomic E-state index is 0.429. The van der Waals surface area contributed by atoms with Crippen LogP contribution in [0.15, 0.2) is 72.8 Å². The molecule has 3 aromatic rings. The summed E-state index contributed by atoms with van der Waals surface area (Å²) in [5.41, 5.74) is 1.99. The number of hydroxylamine groups is 1. The number of para-hydroxylation sites is 1. The molecule has 0 aliphatic carbocycles. The first-order chi connectivity index (χ1) is 13.0. The Labute approximate surface area is 171 Å². The summed E-state index contributed by atoms with van der Waals surface area (Å²) < 4.78 is 0. The third-order valence-corrected chi connectivity index (χ3v) is 4.98. The van der Waals surface area contributed by atoms with E-state index < -0.39 is 12.3 Å². The van der Waals surface area contributed by atoms with Crippen molar-refractivity contribution < 1.29 is 9.63 Å². The normalized spacial score (nSPS) is 16.6. The Morgan fingerprint density at radius 2 is 1.48 bits per heavy atom. The Morgan fingerprint density at radius 1 is 0.778 bits per heavy atom. The molecule has 1 heterocycles. The minimum Gasteiger partial charge on any atom is -0.319 e. The summed E-state index contributed by atoms with van der Waals surface area (Å²) in [6.45, 7) is 0. The maximum Gasteiger partial charge on any atom is 0.440 e. The van der Waals surface area contributed by atoms with E-state index in [4.69, 9.17) is 39.6 Å². The van der Waals surface area contributed by atoms with E-state index in [2.05, 4.69) is 0 Å². The molecular formula is C20H13Cl3N2O2. The number of halogens is 3. The van der Waals surface area contributed by atoms with Crippen LogP contribution < -0.4 is 9.96 Å². The lowest BCUT2D eigenvalue weighted by Gasteiger charge is -2.28. The average molecular weight is 420 g/mol. The molecule has 4 nitrogen and oxygen atoms in total. The van der Waals surface area contributed by atoms with Crippen LogP contribution in [0.25, 0.3) is 0 Å². The van der Waals surface area contributed by atoms with Crippen LogP contribution in [0.4, 0.5) is 16.2 Å². The Morgan fingerprint density at radius 3 is 2.19 bits per heavy atom. The molecule has 0 saturated carbocycles. The van der Waals surface area contributed by atoms with Gasteiger partial charge in [0, 0.05) is 20.6 Å². The van der Waals surface area contributed by atoms with Crippen molar-refractivity contribution in [3.8, 4) is 0 Å². The molecule has 0 spiro atoms. The van der Waals surface area contributed by atoms with Crippen LogP contribution in [0.1, 0.15) is 11.7 Å². The van der Waals surface area contributed by atoms with E-state index in [1.165, 1.54) is 9.96 Å². The van der Waals surface area contributed by atoms with E-state index in [0.717, 1.165) is 0 Å². The fraction of sp³-hybridized carbons (Fsp3) is 0.0500. The summed E-state index contributed by atoms with van der Waals surface area (Å²) in [7, 11) is 0. The molecule has 1 aliphatic rings. The standard InChI is InChI=1S/C20H13Cl3N2O2/c21-13-5-4-8-16(11-13)24-19(17-10-9-14(22)12-18(17)23)25(27-20(24)26)15-6-2-1-3-7-15/h1-12,19H. The molecule has 0 N–H and O–H groups in total. The number of carbonyl (C=O) groups excluding carboxylic acids is 1. The molecule has 0 radical (unpaired) electrons. The summed E-state index contributed by atoms with van der Waals surface area (Å²) in [5.74, 6) is 0. The monoisotopic (exact) mass is 418 g/mol. The summed E-state index contributed by atoms with van der Waals surface area (Å²) in [6.07, 6.45) is -1.15. The summed E-state index contributed by atoms with van der Waals surface area (Å²) in [6, 6.07) is 21.5. The Bertz CT molecular complexity index is 998. The lowest BCUT2D eigenvalue weighted by molar-refractivity contribution is 0.164. The molecule has 3 aromatic carbocycles. The maximum absolute atomic E-state index is 12.8. The molecule has 1 aliphatic heterocycles. The zero-order chi connectivity index (χ0) is 19.0. The highest BCUT2D eigenvalue weighted by Crippen LogP contribution is 2.42. The van der Waals surface area contributed by atoms with Crippen molar-refractivity contribution in [2.75, 3.05) is 9.96 Å². The second-order valence-electron chi connectivity index (χ2n) is 5.91. The van der Waals surface area contributed by atoms with Crippen LogP contribution >= 0.6 is 34.8 Å². The smallest absolute Gasteiger partial charge is 0.319 e. The Kier molecular flexibility index (Phi) is 4.87. The van der Waals surface area contributed by atoms with Gasteiger partial charge in [0.2, 0.25) is 0 Å². The molecule has 1 unspecified atom stereocenters. The van der Waals surface area contributed by atoms with Gasteiger partial charge in [-0.05, 0) is 42.5 Å². The van der Waals surface area contributed by atoms with Crippen LogP contribution in [0.3, 0.4) is 0 Å². The van der Waals surface area contributed by atoms with Crippen molar-refractivity contribution in [3.63, 3.8) is 0 Å². The van der Waals surface area contributed by atoms with Crippen LogP contribution in [0.5, 0.6) is 0 Å². The first-order valence-electron chi connectivity index (χ1n) is 8.10. The first kappa shape index (κ1) is 18.0. The molecule has 136 valence electrons. The minimum atomic E-state index is -0.622. The number of carbonyl (C=O) groups is 1. The van der Waals surface area contributed by atoms with Crippen molar-refractivity contribution in [2.45, 2.75) is 6.17 Å². The van der Waals surface area contributed by atoms with Gasteiger partial charge in [-0.25, -0.2) is 9.69 Å². The molecular weight excluding hydrogens is 407 g/mol. The van der Waals surface area contributed by atoms with Gasteiger partial charge in [-0.1, -0.05) is 65.1 Å². The molecule has 1 fully saturated rings. The second kappa shape index (κ2) is 7.31. The van der Waals surface area contributed by atoms with E-state index in [1.54, 1.807) is 42.5 Å². The number of anilines is 2. The van der Waals surface area contributed by atoms with Gasteiger partial charge >= 0.3 is 6.09 Å². The third kappa shape index (κ3) is 3.44. The molecule has 0 bridgehead atoms. The van der Waals surface area contributed by atoms with Crippen LogP contribution in [-0.4, -0.2) is 6.09 Å². The molecule has 1 saturated heterocycles. The highest BCUT2D eigenvalue weighted by atomic mass is 35.5. The van der Waals surface area contributed by atoms with Crippen molar-refractivity contribution in [1.29, 1.82) is 0 Å². The van der Waals surface area contributed by atoms with Crippen LogP contribution in [-0.2, 0) is 4.84 Å². The number of nitrogens with zero attached hydrogens (tertiary/aromatic N) is 2. The molecule has 27 heavy (non-hydrogen) atoms. The fourth-order valence-corrected chi connectivity index (χ4v) is 3.69. The zero-order valence-electron chi connectivity index (χ0n) is 13.9. The van der Waals surface area contributed by atoms with Gasteiger partial charge < -0.3 is 4.84 Å². The Balaban J connectivity index is 1.88. The van der Waals surface area contributed by atoms with Gasteiger partial charge in [-0.2, -0.15) is 5.06 Å². The molecule has 1 amide bonds. The zero-order valence-corrected chi connectivity index (χ0v) is 16.1. The molecule has 1 atom stereocenters. The number of hydrogen-bond donors (Lipinski definition) is 0. The lowest BCUT2D eigenvalue weighted by Crippen LogP contribution is -2.32. The van der Waals surface area contributed by atoms with Crippen molar-refractivity contribution in [2.24, 2.45) is 0 Å². The molecule has 7 heteroatoms. The molecule has 0 aromatic heterocycles. The van der Waals surface area contributed by atoms with Gasteiger partial charge in [0.25, 0.3) is 0 Å². The van der Waals surface area contributed by atoms with Crippen molar-refractivity contribution in [3.05, 3.63) is 93.4 Å². The van der Waals surface area contributed by atoms with Crippen LogP contribution in [0, 0.1) is 0 Å². The molecule has 4 rings (SSSR count). The van der Waals surface area contributed by atoms with Gasteiger partial charge in [-0.15, -0.1) is 0 Å². The maximum atomic E-state index is 12.8. The van der Waals surface area contributed by atoms with E-state index in [9.17, 15) is 4.79 Å². The van der Waals surface area contributed by atoms with Gasteiger partial charge in [0.1, 0.15) is 0 Å². The SMILES string of the molecule is O=C1ON(c2ccccc2)C(c2ccc(Cl)cc2Cl)N1c1cccc(Cl)c1. The average Bonchev–Trinajstić information content (AvgIpc) is 2.99. The topological polar surface area (TPSA) is 32.8 Å². The lowest BCUT2D eigenvalue weighted by atomic mass is 10.1. The van der Waals surface area contributed by atoms with Crippen molar-refractivity contribution in [1.82, 2.24) is 0 Å². The predicted octanol–water partition coefficient (Wildman–Crippen LogP) is 6.72. The van der Waals surface area contributed by atoms with Crippen molar-refractivity contribution >= 4 is 52.3 Å². The summed E-state index contributed by atoms with van der Waals surface area (Å²) in [5, 5.41) is 2.98. The Hall–Kier alpha value is -2.40. The van der Waals surface area contributed by atoms with Gasteiger partial charge in [0.15, 0.2) is 6.17 Å². The third-order valence-electron chi connectivity index (χ3n) is 4.18. The number of hydrogen-bond acceptors (Lipinski definition) is 3. The highest BCUT2D eigenvalue weighted by Gasteiger charge is 2.43. The highest BCUT2D eigenvalue weighted by molar-refractivity contribution is 6.35. The predicted molar refractivity (Wildman–Crippen MR) is 109 cm³/mol. The van der Waals surface area contributed by atoms with Crippen LogP contribution in [0.2, 0.25) is 15.1 Å². The van der Waals surface area contributed by atoms with Gasteiger partial charge in [-0.3, -0.25) is 0 Å². The van der Waals surface area contributed by atoms with Gasteiger partial charge in [0.05, 0.1) is 11.4 Å². The second-order valence-corrected chi connectivity index (χ2v) is 7.19. The van der Waals surface area contributed by atoms with E-state index in [0.29, 0.717) is 32.0 Å². The first-order valence-corrected chi connectivity index (χ1v) is 9.24. The summed E-state index contributed by atoms with van der Waals surface area (Å²) >= 11 is 18.7. The fourth-order valence-electron chi connectivity index (χ4n) is 3.00. The number of rotatable bonds is 3. The quantitative estimate of drug-likeness (QED) is 0.472. The van der Waals surface area contributed by atoms with E-state index in [-0.39, 0.29) is 0 Å². The summed E-state index contributed by atoms with van der Waals surface area (Å²) in [4.78, 5) is 19.9. The largest absolute Gasteiger partial charge is 0.440 e. The number of benzene rings is 3.